The summed E-state index contributed by atoms with van der Waals surface area (Å²) in [5.41, 5.74) is 0. The van der Waals surface area contributed by atoms with Gasteiger partial charge in [0.05, 0.1) is 16.5 Å². The molecule has 1 aromatic heterocycles. The number of thiazole rings is 1. The molecule has 1 atom stereocenters. The lowest BCUT2D eigenvalue weighted by Gasteiger charge is -2.43. The lowest BCUT2D eigenvalue weighted by molar-refractivity contribution is -0.138. The topological polar surface area (TPSA) is 91.8 Å². The zero-order valence-corrected chi connectivity index (χ0v) is 22.3. The van der Waals surface area contributed by atoms with Gasteiger partial charge in [0.1, 0.15) is 4.75 Å². The number of anilines is 1. The van der Waals surface area contributed by atoms with Gasteiger partial charge in [-0.3, -0.25) is 10.1 Å². The lowest BCUT2D eigenvalue weighted by Crippen LogP contribution is -2.51. The van der Waals surface area contributed by atoms with Crippen molar-refractivity contribution in [3.63, 3.8) is 0 Å². The van der Waals surface area contributed by atoms with Crippen LogP contribution in [0.25, 0.3) is 0 Å². The van der Waals surface area contributed by atoms with Crippen molar-refractivity contribution in [2.75, 3.05) is 12.4 Å². The van der Waals surface area contributed by atoms with Crippen LogP contribution in [0.2, 0.25) is 0 Å². The van der Waals surface area contributed by atoms with Crippen molar-refractivity contribution in [1.29, 1.82) is 0 Å². The monoisotopic (exact) mass is 509 g/mol. The summed E-state index contributed by atoms with van der Waals surface area (Å²) in [6.07, 6.45) is 14.7. The Morgan fingerprint density at radius 3 is 2.24 bits per heavy atom. The average Bonchev–Trinajstić information content (AvgIpc) is 3.56. The number of ether oxygens (including phenoxy) is 1. The van der Waals surface area contributed by atoms with Crippen molar-refractivity contribution in [2.24, 2.45) is 11.8 Å². The molecule has 4 rings (SSSR count). The maximum atomic E-state index is 13.6. The standard InChI is InChI=1S/C25H39N3O4S2/c1-25(2,22(29)30)34-20-15-26-23(33-20)27-24(31)28(18-7-5-4-6-8-18)19-13-11-17(12-14-19)21(32-3)16-9-10-16/h15-19,21H,4-14H2,1-3H3,(H,29,30)(H,26,27,31). The van der Waals surface area contributed by atoms with Gasteiger partial charge in [-0.25, -0.2) is 9.78 Å². The van der Waals surface area contributed by atoms with Crippen LogP contribution in [0.5, 0.6) is 0 Å². The predicted octanol–water partition coefficient (Wildman–Crippen LogP) is 6.25. The molecule has 0 radical (unpaired) electrons. The Bertz CT molecular complexity index is 843. The van der Waals surface area contributed by atoms with Crippen LogP contribution in [-0.2, 0) is 9.53 Å². The van der Waals surface area contributed by atoms with Crippen molar-refractivity contribution in [1.82, 2.24) is 9.88 Å². The summed E-state index contributed by atoms with van der Waals surface area (Å²) in [6, 6.07) is 0.497. The van der Waals surface area contributed by atoms with Crippen molar-refractivity contribution < 1.29 is 19.4 Å². The number of urea groups is 1. The Labute approximate surface area is 211 Å². The van der Waals surface area contributed by atoms with E-state index in [9.17, 15) is 14.7 Å². The number of nitrogens with one attached hydrogen (secondary N) is 1. The largest absolute Gasteiger partial charge is 0.480 e. The molecular formula is C25H39N3O4S2. The fraction of sp³-hybridized carbons (Fsp3) is 0.800. The molecule has 0 bridgehead atoms. The molecule has 0 aliphatic heterocycles. The summed E-state index contributed by atoms with van der Waals surface area (Å²) in [4.78, 5) is 31.5. The number of hydrogen-bond donors (Lipinski definition) is 2. The molecule has 7 nitrogen and oxygen atoms in total. The van der Waals surface area contributed by atoms with Crippen LogP contribution in [-0.4, -0.2) is 57.0 Å². The van der Waals surface area contributed by atoms with Crippen LogP contribution >= 0.6 is 23.1 Å². The van der Waals surface area contributed by atoms with Gasteiger partial charge >= 0.3 is 12.0 Å². The van der Waals surface area contributed by atoms with Gasteiger partial charge in [-0.15, -0.1) is 0 Å². The molecule has 2 amide bonds. The normalized spacial score (nSPS) is 25.0. The van der Waals surface area contributed by atoms with Crippen LogP contribution in [0.1, 0.15) is 84.5 Å². The minimum Gasteiger partial charge on any atom is -0.480 e. The Morgan fingerprint density at radius 2 is 1.68 bits per heavy atom. The first-order valence-electron chi connectivity index (χ1n) is 12.8. The third-order valence-electron chi connectivity index (χ3n) is 7.73. The number of carboxylic acids is 1. The third kappa shape index (κ3) is 6.26. The molecule has 3 aliphatic rings. The highest BCUT2D eigenvalue weighted by molar-refractivity contribution is 8.03. The molecule has 0 spiro atoms. The maximum absolute atomic E-state index is 13.6. The molecule has 34 heavy (non-hydrogen) atoms. The van der Waals surface area contributed by atoms with Crippen LogP contribution < -0.4 is 5.32 Å². The molecule has 1 unspecified atom stereocenters. The molecule has 3 saturated carbocycles. The van der Waals surface area contributed by atoms with Gasteiger partial charge in [0.2, 0.25) is 0 Å². The fourth-order valence-electron chi connectivity index (χ4n) is 5.71. The SMILES string of the molecule is COC(C1CC1)C1CCC(N(C(=O)Nc2ncc(SC(C)(C)C(=O)O)s2)C2CCCCC2)CC1. The number of thioether (sulfide) groups is 1. The van der Waals surface area contributed by atoms with E-state index in [0.29, 0.717) is 17.2 Å². The molecule has 1 heterocycles. The Kier molecular flexibility index (Phi) is 8.46. The van der Waals surface area contributed by atoms with Crippen LogP contribution in [0, 0.1) is 11.8 Å². The summed E-state index contributed by atoms with van der Waals surface area (Å²) in [5, 5.41) is 13.0. The van der Waals surface area contributed by atoms with E-state index < -0.39 is 10.7 Å². The number of hydrogen-bond acceptors (Lipinski definition) is 6. The first kappa shape index (κ1) is 25.8. The molecule has 1 aromatic rings. The number of nitrogens with zero attached hydrogens (tertiary/aromatic N) is 2. The summed E-state index contributed by atoms with van der Waals surface area (Å²) in [7, 11) is 1.86. The molecule has 3 fully saturated rings. The van der Waals surface area contributed by atoms with E-state index in [0.717, 1.165) is 48.7 Å². The second-order valence-corrected chi connectivity index (χ2v) is 13.6. The van der Waals surface area contributed by atoms with Crippen LogP contribution in [0.4, 0.5) is 9.93 Å². The van der Waals surface area contributed by atoms with E-state index >= 15 is 0 Å². The molecule has 9 heteroatoms. The van der Waals surface area contributed by atoms with Crippen molar-refractivity contribution in [3.8, 4) is 0 Å². The number of aromatic nitrogens is 1. The van der Waals surface area contributed by atoms with Crippen LogP contribution in [0.15, 0.2) is 10.4 Å². The predicted molar refractivity (Wildman–Crippen MR) is 137 cm³/mol. The average molecular weight is 510 g/mol. The second-order valence-electron chi connectivity index (χ2n) is 10.6. The molecule has 3 aliphatic carbocycles. The number of methoxy groups -OCH3 is 1. The third-order valence-corrected chi connectivity index (χ3v) is 9.93. The number of carbonyl (C=O) groups is 2. The number of rotatable bonds is 9. The molecule has 0 aromatic carbocycles. The van der Waals surface area contributed by atoms with Gasteiger partial charge in [0, 0.05) is 19.2 Å². The van der Waals surface area contributed by atoms with E-state index in [4.69, 9.17) is 4.74 Å². The zero-order chi connectivity index (χ0) is 24.3. The number of carbonyl (C=O) groups excluding carboxylic acids is 1. The van der Waals surface area contributed by atoms with E-state index in [-0.39, 0.29) is 18.1 Å². The van der Waals surface area contributed by atoms with Crippen LogP contribution in [0.3, 0.4) is 0 Å². The van der Waals surface area contributed by atoms with Gasteiger partial charge < -0.3 is 14.7 Å². The van der Waals surface area contributed by atoms with Crippen molar-refractivity contribution in [2.45, 2.75) is 112 Å². The van der Waals surface area contributed by atoms with Crippen molar-refractivity contribution >= 4 is 40.2 Å². The Morgan fingerprint density at radius 1 is 1.09 bits per heavy atom. The summed E-state index contributed by atoms with van der Waals surface area (Å²) in [5.74, 6) is 0.487. The lowest BCUT2D eigenvalue weighted by atomic mass is 9.79. The highest BCUT2D eigenvalue weighted by atomic mass is 32.2. The number of amides is 2. The highest BCUT2D eigenvalue weighted by Gasteiger charge is 2.41. The van der Waals surface area contributed by atoms with E-state index in [1.165, 1.54) is 55.2 Å². The zero-order valence-electron chi connectivity index (χ0n) is 20.6. The van der Waals surface area contributed by atoms with E-state index in [2.05, 4.69) is 15.2 Å². The minimum absolute atomic E-state index is 0.0516. The van der Waals surface area contributed by atoms with Gasteiger partial charge in [0.25, 0.3) is 0 Å². The van der Waals surface area contributed by atoms with Gasteiger partial charge in [-0.1, -0.05) is 42.4 Å². The maximum Gasteiger partial charge on any atom is 0.324 e. The molecule has 2 N–H and O–H groups in total. The summed E-state index contributed by atoms with van der Waals surface area (Å²) in [6.45, 7) is 3.35. The Hall–Kier alpha value is -1.32. The van der Waals surface area contributed by atoms with E-state index in [1.807, 2.05) is 7.11 Å². The summed E-state index contributed by atoms with van der Waals surface area (Å²) >= 11 is 2.61. The molecular weight excluding hydrogens is 470 g/mol. The smallest absolute Gasteiger partial charge is 0.324 e. The number of aliphatic carboxylic acids is 1. The highest BCUT2D eigenvalue weighted by Crippen LogP contribution is 2.43. The molecule has 0 saturated heterocycles. The van der Waals surface area contributed by atoms with Crippen molar-refractivity contribution in [3.05, 3.63) is 6.20 Å². The molecule has 190 valence electrons. The van der Waals surface area contributed by atoms with E-state index in [1.54, 1.807) is 20.0 Å². The van der Waals surface area contributed by atoms with Gasteiger partial charge in [-0.2, -0.15) is 0 Å². The van der Waals surface area contributed by atoms with Gasteiger partial charge in [-0.05, 0) is 77.0 Å². The first-order chi connectivity index (χ1) is 16.3. The first-order valence-corrected chi connectivity index (χ1v) is 14.4. The fourth-order valence-corrected chi connectivity index (χ4v) is 7.97. The summed E-state index contributed by atoms with van der Waals surface area (Å²) < 4.78 is 5.71. The van der Waals surface area contributed by atoms with Gasteiger partial charge in [0.15, 0.2) is 5.13 Å². The minimum atomic E-state index is -0.943. The second kappa shape index (κ2) is 11.2. The number of carboxylic acid groups (broad SMARTS) is 1. The Balaban J connectivity index is 1.41. The quantitative estimate of drug-likeness (QED) is 0.382.